The van der Waals surface area contributed by atoms with Crippen molar-refractivity contribution in [2.24, 2.45) is 0 Å². The molecule has 0 spiro atoms. The summed E-state index contributed by atoms with van der Waals surface area (Å²) in [6.45, 7) is 0. The van der Waals surface area contributed by atoms with Crippen LogP contribution in [0.2, 0.25) is 0 Å². The number of alkyl halides is 3. The highest BCUT2D eigenvalue weighted by Gasteiger charge is 2.38. The van der Waals surface area contributed by atoms with E-state index in [0.29, 0.717) is 33.3 Å². The maximum absolute atomic E-state index is 13.0. The van der Waals surface area contributed by atoms with Crippen molar-refractivity contribution in [2.45, 2.75) is 6.18 Å². The van der Waals surface area contributed by atoms with E-state index in [2.05, 4.69) is 9.97 Å². The SMILES string of the molecule is O=C1c2ccccc2C(=O)N1c1cnccc1-c1cc2cc(C(F)(F)F)ccc2[nH]1. The molecular weight excluding hydrogens is 395 g/mol. The van der Waals surface area contributed by atoms with E-state index in [1.807, 2.05) is 0 Å². The Balaban J connectivity index is 1.63. The average molecular weight is 407 g/mol. The molecule has 1 aliphatic rings. The maximum Gasteiger partial charge on any atom is 0.416 e. The van der Waals surface area contributed by atoms with Crippen LogP contribution in [-0.2, 0) is 6.18 Å². The first-order valence-electron chi connectivity index (χ1n) is 8.97. The topological polar surface area (TPSA) is 66.1 Å². The van der Waals surface area contributed by atoms with Crippen molar-refractivity contribution in [1.82, 2.24) is 9.97 Å². The molecule has 8 heteroatoms. The van der Waals surface area contributed by atoms with Gasteiger partial charge in [0.25, 0.3) is 11.8 Å². The molecule has 2 aromatic carbocycles. The number of imide groups is 1. The van der Waals surface area contributed by atoms with Crippen molar-refractivity contribution < 1.29 is 22.8 Å². The zero-order chi connectivity index (χ0) is 21.0. The average Bonchev–Trinajstić information content (AvgIpc) is 3.26. The number of rotatable bonds is 2. The summed E-state index contributed by atoms with van der Waals surface area (Å²) < 4.78 is 39.1. The number of carbonyl (C=O) groups excluding carboxylic acids is 2. The minimum atomic E-state index is -4.45. The Labute approximate surface area is 167 Å². The van der Waals surface area contributed by atoms with Crippen molar-refractivity contribution in [3.63, 3.8) is 0 Å². The summed E-state index contributed by atoms with van der Waals surface area (Å²) in [4.78, 5) is 33.9. The normalized spacial score (nSPS) is 13.9. The van der Waals surface area contributed by atoms with Gasteiger partial charge in [-0.2, -0.15) is 13.2 Å². The fourth-order valence-electron chi connectivity index (χ4n) is 3.65. The van der Waals surface area contributed by atoms with Gasteiger partial charge in [-0.25, -0.2) is 4.90 Å². The van der Waals surface area contributed by atoms with Gasteiger partial charge < -0.3 is 4.98 Å². The molecule has 1 N–H and O–H groups in total. The van der Waals surface area contributed by atoms with E-state index in [0.717, 1.165) is 17.0 Å². The number of nitrogens with one attached hydrogen (secondary N) is 1. The van der Waals surface area contributed by atoms with Gasteiger partial charge in [-0.05, 0) is 42.5 Å². The van der Waals surface area contributed by atoms with Gasteiger partial charge in [0.2, 0.25) is 0 Å². The number of anilines is 1. The molecule has 30 heavy (non-hydrogen) atoms. The number of carbonyl (C=O) groups is 2. The summed E-state index contributed by atoms with van der Waals surface area (Å²) in [7, 11) is 0. The highest BCUT2D eigenvalue weighted by Crippen LogP contribution is 2.37. The molecule has 0 atom stereocenters. The molecular formula is C22H12F3N3O2. The highest BCUT2D eigenvalue weighted by molar-refractivity contribution is 6.35. The number of pyridine rings is 1. The Morgan fingerprint density at radius 1 is 0.867 bits per heavy atom. The molecule has 3 heterocycles. The van der Waals surface area contributed by atoms with Crippen LogP contribution >= 0.6 is 0 Å². The predicted octanol–water partition coefficient (Wildman–Crippen LogP) is 5.05. The lowest BCUT2D eigenvalue weighted by Gasteiger charge is -2.17. The van der Waals surface area contributed by atoms with Crippen LogP contribution in [0.3, 0.4) is 0 Å². The van der Waals surface area contributed by atoms with E-state index < -0.39 is 23.6 Å². The lowest BCUT2D eigenvalue weighted by atomic mass is 10.1. The van der Waals surface area contributed by atoms with Crippen LogP contribution < -0.4 is 4.90 Å². The lowest BCUT2D eigenvalue weighted by molar-refractivity contribution is -0.137. The fourth-order valence-corrected chi connectivity index (χ4v) is 3.65. The molecule has 5 nitrogen and oxygen atoms in total. The van der Waals surface area contributed by atoms with Crippen molar-refractivity contribution in [1.29, 1.82) is 0 Å². The van der Waals surface area contributed by atoms with Gasteiger partial charge >= 0.3 is 6.18 Å². The Morgan fingerprint density at radius 2 is 1.57 bits per heavy atom. The Bertz CT molecular complexity index is 1310. The second kappa shape index (κ2) is 6.28. The van der Waals surface area contributed by atoms with E-state index in [1.165, 1.54) is 18.5 Å². The standard InChI is InChI=1S/C22H12F3N3O2/c23-22(24,25)13-5-6-17-12(9-13)10-18(27-17)16-7-8-26-11-19(16)28-20(29)14-3-1-2-4-15(14)21(28)30/h1-11,27H. The lowest BCUT2D eigenvalue weighted by Crippen LogP contribution is -2.30. The van der Waals surface area contributed by atoms with Crippen LogP contribution in [0.15, 0.2) is 67.0 Å². The molecule has 2 amide bonds. The number of halogens is 3. The number of aromatic amines is 1. The number of H-pyrrole nitrogens is 1. The van der Waals surface area contributed by atoms with Gasteiger partial charge in [0.1, 0.15) is 0 Å². The molecule has 0 unspecified atom stereocenters. The number of benzene rings is 2. The number of hydrogen-bond acceptors (Lipinski definition) is 3. The Morgan fingerprint density at radius 3 is 2.23 bits per heavy atom. The van der Waals surface area contributed by atoms with Crippen LogP contribution in [0, 0.1) is 0 Å². The molecule has 0 bridgehead atoms. The molecule has 4 aromatic rings. The van der Waals surface area contributed by atoms with Gasteiger partial charge in [0.05, 0.1) is 28.6 Å². The van der Waals surface area contributed by atoms with Crippen molar-refractivity contribution in [3.8, 4) is 11.3 Å². The van der Waals surface area contributed by atoms with Crippen LogP contribution in [0.1, 0.15) is 26.3 Å². The highest BCUT2D eigenvalue weighted by atomic mass is 19.4. The molecule has 1 aliphatic heterocycles. The van der Waals surface area contributed by atoms with E-state index in [9.17, 15) is 22.8 Å². The van der Waals surface area contributed by atoms with Crippen molar-refractivity contribution in [3.05, 3.63) is 83.7 Å². The second-order valence-corrected chi connectivity index (χ2v) is 6.87. The Kier molecular flexibility index (Phi) is 3.79. The monoisotopic (exact) mass is 407 g/mol. The summed E-state index contributed by atoms with van der Waals surface area (Å²) in [5.41, 5.74) is 1.54. The van der Waals surface area contributed by atoms with E-state index in [1.54, 1.807) is 36.4 Å². The van der Waals surface area contributed by atoms with Gasteiger partial charge in [0, 0.05) is 28.4 Å². The van der Waals surface area contributed by atoms with Crippen LogP contribution in [0.4, 0.5) is 18.9 Å². The van der Waals surface area contributed by atoms with Gasteiger partial charge in [-0.15, -0.1) is 0 Å². The van der Waals surface area contributed by atoms with Crippen LogP contribution in [-0.4, -0.2) is 21.8 Å². The molecule has 0 saturated carbocycles. The predicted molar refractivity (Wildman–Crippen MR) is 104 cm³/mol. The molecule has 0 aliphatic carbocycles. The van der Waals surface area contributed by atoms with Gasteiger partial charge in [-0.1, -0.05) is 12.1 Å². The third-order valence-corrected chi connectivity index (χ3v) is 5.07. The summed E-state index contributed by atoms with van der Waals surface area (Å²) in [5.74, 6) is -0.944. The number of hydrogen-bond donors (Lipinski definition) is 1. The van der Waals surface area contributed by atoms with E-state index >= 15 is 0 Å². The minimum Gasteiger partial charge on any atom is -0.354 e. The van der Waals surface area contributed by atoms with Gasteiger partial charge in [0.15, 0.2) is 0 Å². The number of fused-ring (bicyclic) bond motifs is 2. The number of nitrogens with zero attached hydrogens (tertiary/aromatic N) is 2. The fraction of sp³-hybridized carbons (Fsp3) is 0.0455. The van der Waals surface area contributed by atoms with E-state index in [4.69, 9.17) is 0 Å². The molecule has 2 aromatic heterocycles. The van der Waals surface area contributed by atoms with Crippen LogP contribution in [0.25, 0.3) is 22.2 Å². The maximum atomic E-state index is 13.0. The van der Waals surface area contributed by atoms with Crippen molar-refractivity contribution >= 4 is 28.4 Å². The number of amides is 2. The Hall–Kier alpha value is -3.94. The van der Waals surface area contributed by atoms with Crippen LogP contribution in [0.5, 0.6) is 0 Å². The van der Waals surface area contributed by atoms with Gasteiger partial charge in [-0.3, -0.25) is 14.6 Å². The molecule has 0 saturated heterocycles. The molecule has 0 radical (unpaired) electrons. The number of aromatic nitrogens is 2. The zero-order valence-electron chi connectivity index (χ0n) is 15.2. The van der Waals surface area contributed by atoms with E-state index in [-0.39, 0.29) is 5.69 Å². The first-order chi connectivity index (χ1) is 14.3. The summed E-state index contributed by atoms with van der Waals surface area (Å²) in [5, 5.41) is 0.366. The zero-order valence-corrected chi connectivity index (χ0v) is 15.2. The summed E-state index contributed by atoms with van der Waals surface area (Å²) >= 11 is 0. The quantitative estimate of drug-likeness (QED) is 0.473. The minimum absolute atomic E-state index is 0.256. The summed E-state index contributed by atoms with van der Waals surface area (Å²) in [6, 6.07) is 13.1. The largest absolute Gasteiger partial charge is 0.416 e. The van der Waals surface area contributed by atoms with Crippen molar-refractivity contribution in [2.75, 3.05) is 4.90 Å². The first-order valence-corrected chi connectivity index (χ1v) is 8.97. The molecule has 0 fully saturated rings. The summed E-state index contributed by atoms with van der Waals surface area (Å²) in [6.07, 6.45) is -1.57. The smallest absolute Gasteiger partial charge is 0.354 e. The second-order valence-electron chi connectivity index (χ2n) is 6.87. The third-order valence-electron chi connectivity index (χ3n) is 5.07. The molecule has 148 valence electrons. The molecule has 5 rings (SSSR count). The first kappa shape index (κ1) is 18.1. The third kappa shape index (κ3) is 2.68.